The van der Waals surface area contributed by atoms with Gasteiger partial charge in [-0.1, -0.05) is 12.1 Å². The van der Waals surface area contributed by atoms with Gasteiger partial charge >= 0.3 is 0 Å². The Hall–Kier alpha value is -1.68. The molecule has 1 N–H and O–H groups in total. The second-order valence-corrected chi connectivity index (χ2v) is 5.96. The van der Waals surface area contributed by atoms with E-state index in [0.717, 1.165) is 24.3 Å². The lowest BCUT2D eigenvalue weighted by molar-refractivity contribution is 0.290. The Kier molecular flexibility index (Phi) is 3.34. The number of halogens is 1. The fourth-order valence-corrected chi connectivity index (χ4v) is 2.99. The van der Waals surface area contributed by atoms with Crippen LogP contribution in [0, 0.1) is 5.82 Å². The molecule has 1 aromatic carbocycles. The average Bonchev–Trinajstić information content (AvgIpc) is 3.11. The van der Waals surface area contributed by atoms with Crippen LogP contribution in [0.25, 0.3) is 0 Å². The Bertz CT molecular complexity index is 580. The lowest BCUT2D eigenvalue weighted by atomic mass is 9.83. The molecule has 1 aliphatic rings. The van der Waals surface area contributed by atoms with E-state index in [1.54, 1.807) is 24.6 Å². The van der Waals surface area contributed by atoms with E-state index in [0.29, 0.717) is 0 Å². The molecule has 1 saturated heterocycles. The molecule has 3 rings (SSSR count). The molecule has 106 valence electrons. The summed E-state index contributed by atoms with van der Waals surface area (Å²) in [7, 11) is 0. The molecule has 1 aromatic heterocycles. The smallest absolute Gasteiger partial charge is 0.201 e. The second kappa shape index (κ2) is 5.02. The van der Waals surface area contributed by atoms with Gasteiger partial charge in [0.05, 0.1) is 11.6 Å². The molecule has 2 atom stereocenters. The zero-order chi connectivity index (χ0) is 14.2. The number of aromatic nitrogens is 1. The van der Waals surface area contributed by atoms with Crippen molar-refractivity contribution in [1.29, 1.82) is 0 Å². The first kappa shape index (κ1) is 13.3. The van der Waals surface area contributed by atoms with Gasteiger partial charge in [0.1, 0.15) is 12.1 Å². The maximum atomic E-state index is 13.3. The van der Waals surface area contributed by atoms with E-state index in [1.165, 1.54) is 6.07 Å². The highest BCUT2D eigenvalue weighted by atomic mass is 19.1. The van der Waals surface area contributed by atoms with Crippen LogP contribution >= 0.6 is 0 Å². The Morgan fingerprint density at radius 1 is 1.35 bits per heavy atom. The van der Waals surface area contributed by atoms with Crippen molar-refractivity contribution < 1.29 is 8.81 Å². The summed E-state index contributed by atoms with van der Waals surface area (Å²) in [5.41, 5.74) is 0.835. The molecular weight excluding hydrogens is 255 g/mol. The maximum absolute atomic E-state index is 13.3. The Morgan fingerprint density at radius 2 is 2.20 bits per heavy atom. The van der Waals surface area contributed by atoms with E-state index in [-0.39, 0.29) is 23.3 Å². The second-order valence-electron chi connectivity index (χ2n) is 5.96. The van der Waals surface area contributed by atoms with Gasteiger partial charge in [0.25, 0.3) is 0 Å². The number of hydrogen-bond acceptors (Lipinski definition) is 3. The van der Waals surface area contributed by atoms with Crippen LogP contribution in [-0.4, -0.2) is 11.0 Å². The summed E-state index contributed by atoms with van der Waals surface area (Å²) in [4.78, 5) is 4.28. The minimum absolute atomic E-state index is 0.175. The monoisotopic (exact) mass is 274 g/mol. The van der Waals surface area contributed by atoms with Gasteiger partial charge in [0.15, 0.2) is 0 Å². The molecule has 0 amide bonds. The van der Waals surface area contributed by atoms with Crippen molar-refractivity contribution in [1.82, 2.24) is 10.3 Å². The van der Waals surface area contributed by atoms with Crippen LogP contribution in [0.2, 0.25) is 0 Å². The maximum Gasteiger partial charge on any atom is 0.201 e. The molecule has 4 heteroatoms. The molecule has 20 heavy (non-hydrogen) atoms. The summed E-state index contributed by atoms with van der Waals surface area (Å²) < 4.78 is 18.8. The molecule has 1 unspecified atom stereocenters. The molecule has 0 bridgehead atoms. The summed E-state index contributed by atoms with van der Waals surface area (Å²) in [6, 6.07) is 7.30. The van der Waals surface area contributed by atoms with Crippen molar-refractivity contribution in [3.63, 3.8) is 0 Å². The highest BCUT2D eigenvalue weighted by Gasteiger charge is 2.40. The average molecular weight is 274 g/mol. The minimum atomic E-state index is -0.181. The molecule has 1 fully saturated rings. The Labute approximate surface area is 118 Å². The first-order valence-electron chi connectivity index (χ1n) is 6.99. The zero-order valence-corrected chi connectivity index (χ0v) is 11.8. The van der Waals surface area contributed by atoms with Gasteiger partial charge in [0, 0.05) is 12.1 Å². The number of nitrogens with zero attached hydrogens (tertiary/aromatic N) is 1. The first-order valence-corrected chi connectivity index (χ1v) is 6.99. The molecule has 3 nitrogen and oxygen atoms in total. The van der Waals surface area contributed by atoms with Crippen LogP contribution in [0.3, 0.4) is 0 Å². The van der Waals surface area contributed by atoms with Crippen LogP contribution in [0.15, 0.2) is 41.1 Å². The summed E-state index contributed by atoms with van der Waals surface area (Å²) >= 11 is 0. The molecule has 0 saturated carbocycles. The van der Waals surface area contributed by atoms with Crippen molar-refractivity contribution >= 4 is 0 Å². The van der Waals surface area contributed by atoms with Crippen LogP contribution in [0.4, 0.5) is 4.39 Å². The summed E-state index contributed by atoms with van der Waals surface area (Å²) in [6.07, 6.45) is 5.31. The van der Waals surface area contributed by atoms with Crippen LogP contribution in [0.5, 0.6) is 0 Å². The van der Waals surface area contributed by atoms with Gasteiger partial charge in [0.2, 0.25) is 5.89 Å². The van der Waals surface area contributed by atoms with Gasteiger partial charge in [-0.3, -0.25) is 0 Å². The van der Waals surface area contributed by atoms with E-state index in [1.807, 2.05) is 6.07 Å². The van der Waals surface area contributed by atoms with Crippen molar-refractivity contribution in [2.45, 2.75) is 44.2 Å². The molecule has 2 heterocycles. The number of benzene rings is 1. The van der Waals surface area contributed by atoms with Gasteiger partial charge in [-0.15, -0.1) is 0 Å². The van der Waals surface area contributed by atoms with Crippen molar-refractivity contribution in [2.75, 3.05) is 0 Å². The number of rotatable bonds is 3. The van der Waals surface area contributed by atoms with Crippen LogP contribution in [0.1, 0.15) is 44.2 Å². The van der Waals surface area contributed by atoms with Crippen LogP contribution in [-0.2, 0) is 5.41 Å². The predicted octanol–water partition coefficient (Wildman–Crippen LogP) is 3.58. The van der Waals surface area contributed by atoms with E-state index in [4.69, 9.17) is 4.42 Å². The van der Waals surface area contributed by atoms with E-state index < -0.39 is 0 Å². The highest BCUT2D eigenvalue weighted by Crippen LogP contribution is 2.36. The summed E-state index contributed by atoms with van der Waals surface area (Å²) in [6.45, 7) is 4.26. The zero-order valence-electron chi connectivity index (χ0n) is 11.8. The number of oxazole rings is 1. The standard InChI is InChI=1S/C16H19FN2O/c1-16(2,15-18-8-9-20-15)14-7-6-13(19-14)11-4-3-5-12(17)10-11/h3-5,8-10,13-14,19H,6-7H2,1-2H3/t13-,14?/m0/s1. The minimum Gasteiger partial charge on any atom is -0.448 e. The first-order chi connectivity index (χ1) is 9.57. The van der Waals surface area contributed by atoms with Crippen LogP contribution < -0.4 is 5.32 Å². The fourth-order valence-electron chi connectivity index (χ4n) is 2.99. The quantitative estimate of drug-likeness (QED) is 0.929. The molecule has 0 aliphatic carbocycles. The van der Waals surface area contributed by atoms with E-state index in [9.17, 15) is 4.39 Å². The van der Waals surface area contributed by atoms with Crippen molar-refractivity contribution in [3.8, 4) is 0 Å². The Balaban J connectivity index is 1.77. The molecule has 0 radical (unpaired) electrons. The molecule has 2 aromatic rings. The van der Waals surface area contributed by atoms with Crippen molar-refractivity contribution in [3.05, 3.63) is 54.0 Å². The van der Waals surface area contributed by atoms with E-state index in [2.05, 4.69) is 24.1 Å². The third kappa shape index (κ3) is 2.36. The third-order valence-electron chi connectivity index (χ3n) is 4.25. The molecule has 0 spiro atoms. The molecular formula is C16H19FN2O. The SMILES string of the molecule is CC(C)(c1ncco1)C1CC[C@@H](c2cccc(F)c2)N1. The van der Waals surface area contributed by atoms with Gasteiger partial charge in [-0.25, -0.2) is 9.37 Å². The van der Waals surface area contributed by atoms with Crippen molar-refractivity contribution in [2.24, 2.45) is 0 Å². The lowest BCUT2D eigenvalue weighted by Crippen LogP contribution is -2.41. The summed E-state index contributed by atoms with van der Waals surface area (Å²) in [5.74, 6) is 0.564. The number of hydrogen-bond donors (Lipinski definition) is 1. The fraction of sp³-hybridized carbons (Fsp3) is 0.438. The van der Waals surface area contributed by atoms with Gasteiger partial charge in [-0.2, -0.15) is 0 Å². The third-order valence-corrected chi connectivity index (χ3v) is 4.25. The topological polar surface area (TPSA) is 38.1 Å². The molecule has 1 aliphatic heterocycles. The Morgan fingerprint density at radius 3 is 2.90 bits per heavy atom. The van der Waals surface area contributed by atoms with Gasteiger partial charge in [-0.05, 0) is 44.4 Å². The summed E-state index contributed by atoms with van der Waals surface area (Å²) in [5, 5.41) is 3.60. The predicted molar refractivity (Wildman–Crippen MR) is 74.8 cm³/mol. The largest absolute Gasteiger partial charge is 0.448 e. The highest BCUT2D eigenvalue weighted by molar-refractivity contribution is 5.22. The number of nitrogens with one attached hydrogen (secondary N) is 1. The lowest BCUT2D eigenvalue weighted by Gasteiger charge is -2.29. The van der Waals surface area contributed by atoms with E-state index >= 15 is 0 Å². The normalized spacial score (nSPS) is 23.1. The van der Waals surface area contributed by atoms with Gasteiger partial charge < -0.3 is 9.73 Å².